The first-order chi connectivity index (χ1) is 9.11. The van der Waals surface area contributed by atoms with E-state index in [9.17, 15) is 18.4 Å². The lowest BCUT2D eigenvalue weighted by molar-refractivity contribution is 0.100. The molecule has 0 bridgehead atoms. The number of halogens is 2. The average molecular weight is 260 g/mol. The lowest BCUT2D eigenvalue weighted by atomic mass is 10.2. The third-order valence-electron chi connectivity index (χ3n) is 2.43. The number of carbonyl (C=O) groups is 1. The van der Waals surface area contributed by atoms with Crippen LogP contribution < -0.4 is 4.90 Å². The molecule has 2 aromatic carbocycles. The van der Waals surface area contributed by atoms with E-state index in [1.807, 2.05) is 0 Å². The van der Waals surface area contributed by atoms with E-state index < -0.39 is 17.5 Å². The number of carbonyl (C=O) groups excluding carboxylic acids is 2. The second-order valence-electron chi connectivity index (χ2n) is 3.72. The fourth-order valence-electron chi connectivity index (χ4n) is 1.58. The zero-order chi connectivity index (χ0) is 13.8. The molecule has 0 fully saturated rings. The van der Waals surface area contributed by atoms with Crippen LogP contribution in [0.4, 0.5) is 14.5 Å². The van der Waals surface area contributed by atoms with Crippen molar-refractivity contribution in [3.05, 3.63) is 65.7 Å². The molecule has 3 nitrogen and oxygen atoms in total. The molecule has 0 unspecified atom stereocenters. The van der Waals surface area contributed by atoms with Crippen LogP contribution in [0.3, 0.4) is 0 Å². The predicted molar refractivity (Wildman–Crippen MR) is 65.3 cm³/mol. The zero-order valence-corrected chi connectivity index (χ0v) is 9.64. The molecule has 0 N–H and O–H groups in total. The van der Waals surface area contributed by atoms with Gasteiger partial charge in [-0.25, -0.2) is 13.7 Å². The number of anilines is 1. The van der Waals surface area contributed by atoms with Crippen LogP contribution in [-0.4, -0.2) is 12.3 Å². The van der Waals surface area contributed by atoms with Gasteiger partial charge in [-0.1, -0.05) is 12.1 Å². The van der Waals surface area contributed by atoms with Crippen LogP contribution >= 0.6 is 0 Å². The summed E-state index contributed by atoms with van der Waals surface area (Å²) in [4.78, 5) is 23.5. The highest BCUT2D eigenvalue weighted by Gasteiger charge is 2.18. The highest BCUT2D eigenvalue weighted by Crippen LogP contribution is 2.17. The molecule has 0 saturated carbocycles. The maximum Gasteiger partial charge on any atom is 0.324 e. The van der Waals surface area contributed by atoms with Crippen molar-refractivity contribution in [1.82, 2.24) is 0 Å². The summed E-state index contributed by atoms with van der Waals surface area (Å²) < 4.78 is 26.1. The summed E-state index contributed by atoms with van der Waals surface area (Å²) in [5, 5.41) is 0. The maximum absolute atomic E-state index is 13.1. The van der Waals surface area contributed by atoms with Crippen LogP contribution in [-0.2, 0) is 4.79 Å². The summed E-state index contributed by atoms with van der Waals surface area (Å²) in [7, 11) is 0. The fraction of sp³-hybridized carbons (Fsp3) is 0. The van der Waals surface area contributed by atoms with E-state index in [0.717, 1.165) is 12.1 Å². The quantitative estimate of drug-likeness (QED) is 0.796. The molecule has 0 aliphatic heterocycles. The number of hydrogen-bond acceptors (Lipinski definition) is 2. The third kappa shape index (κ3) is 2.82. The van der Waals surface area contributed by atoms with Gasteiger partial charge in [-0.3, -0.25) is 9.59 Å². The first-order valence-electron chi connectivity index (χ1n) is 5.35. The van der Waals surface area contributed by atoms with E-state index in [4.69, 9.17) is 0 Å². The normalized spacial score (nSPS) is 10.0. The summed E-state index contributed by atoms with van der Waals surface area (Å²) in [6.45, 7) is 0. The number of nitrogens with zero attached hydrogens (tertiary/aromatic N) is 1. The Kier molecular flexibility index (Phi) is 3.66. The summed E-state index contributed by atoms with van der Waals surface area (Å²) in [6.07, 6.45) is 1.41. The summed E-state index contributed by atoms with van der Waals surface area (Å²) in [5.74, 6) is -1.97. The van der Waals surface area contributed by atoms with Crippen molar-refractivity contribution in [2.45, 2.75) is 0 Å². The number of benzene rings is 2. The van der Waals surface area contributed by atoms with Gasteiger partial charge in [0.25, 0.3) is 5.91 Å². The van der Waals surface area contributed by atoms with Crippen LogP contribution in [0.5, 0.6) is 0 Å². The van der Waals surface area contributed by atoms with Gasteiger partial charge in [0.2, 0.25) is 0 Å². The van der Waals surface area contributed by atoms with E-state index in [2.05, 4.69) is 0 Å². The van der Waals surface area contributed by atoms with Gasteiger partial charge in [0.1, 0.15) is 11.6 Å². The van der Waals surface area contributed by atoms with Gasteiger partial charge in [-0.15, -0.1) is 0 Å². The Balaban J connectivity index is 2.37. The van der Waals surface area contributed by atoms with Crippen molar-refractivity contribution in [2.24, 2.45) is 0 Å². The molecule has 0 heterocycles. The van der Waals surface area contributed by atoms with Crippen molar-refractivity contribution in [1.29, 1.82) is 0 Å². The topological polar surface area (TPSA) is 37.4 Å². The minimum Gasteiger partial charge on any atom is -0.268 e. The number of hydrogen-bond donors (Lipinski definition) is 0. The Morgan fingerprint density at radius 2 is 1.63 bits per heavy atom. The highest BCUT2D eigenvalue weighted by atomic mass is 19.1. The number of amides is 2. The van der Waals surface area contributed by atoms with Gasteiger partial charge < -0.3 is 0 Å². The molecular formula is C14H8F2NO2. The van der Waals surface area contributed by atoms with Crippen molar-refractivity contribution in [3.8, 4) is 0 Å². The van der Waals surface area contributed by atoms with Crippen molar-refractivity contribution in [2.75, 3.05) is 4.90 Å². The molecule has 0 saturated heterocycles. The molecule has 2 amide bonds. The van der Waals surface area contributed by atoms with Gasteiger partial charge in [-0.05, 0) is 36.4 Å². The fourth-order valence-corrected chi connectivity index (χ4v) is 1.58. The van der Waals surface area contributed by atoms with E-state index in [1.165, 1.54) is 42.8 Å². The standard InChI is InChI=1S/C14H8F2NO2/c15-11-4-1-3-10(7-11)14(19)17(9-18)13-6-2-5-12(16)8-13/h1-8H. The average Bonchev–Trinajstić information content (AvgIpc) is 2.39. The van der Waals surface area contributed by atoms with Gasteiger partial charge in [-0.2, -0.15) is 0 Å². The first kappa shape index (κ1) is 12.9. The van der Waals surface area contributed by atoms with Gasteiger partial charge in [0.15, 0.2) is 0 Å². The molecule has 95 valence electrons. The summed E-state index contributed by atoms with van der Waals surface area (Å²) >= 11 is 0. The zero-order valence-electron chi connectivity index (χ0n) is 9.64. The Hall–Kier alpha value is -2.56. The van der Waals surface area contributed by atoms with Crippen LogP contribution in [0.2, 0.25) is 0 Å². The maximum atomic E-state index is 13.1. The lowest BCUT2D eigenvalue weighted by Gasteiger charge is -2.14. The monoisotopic (exact) mass is 260 g/mol. The summed E-state index contributed by atoms with van der Waals surface area (Å²) in [6, 6.07) is 9.80. The molecule has 0 atom stereocenters. The molecule has 1 radical (unpaired) electrons. The molecule has 0 aromatic heterocycles. The van der Waals surface area contributed by atoms with Gasteiger partial charge >= 0.3 is 6.41 Å². The Labute approximate surface area is 108 Å². The molecule has 5 heteroatoms. The first-order valence-corrected chi connectivity index (χ1v) is 5.35. The second-order valence-corrected chi connectivity index (χ2v) is 3.72. The third-order valence-corrected chi connectivity index (χ3v) is 2.43. The lowest BCUT2D eigenvalue weighted by Crippen LogP contribution is -2.29. The molecule has 2 rings (SSSR count). The molecule has 2 aromatic rings. The molecule has 0 aliphatic carbocycles. The van der Waals surface area contributed by atoms with Crippen LogP contribution in [0, 0.1) is 11.6 Å². The minimum absolute atomic E-state index is 0.0207. The van der Waals surface area contributed by atoms with E-state index in [0.29, 0.717) is 4.90 Å². The molecule has 0 spiro atoms. The molecule has 0 aliphatic rings. The Morgan fingerprint density at radius 1 is 1.00 bits per heavy atom. The van der Waals surface area contributed by atoms with Crippen molar-refractivity contribution >= 4 is 18.0 Å². The van der Waals surface area contributed by atoms with E-state index >= 15 is 0 Å². The van der Waals surface area contributed by atoms with E-state index in [1.54, 1.807) is 0 Å². The molecule has 19 heavy (non-hydrogen) atoms. The van der Waals surface area contributed by atoms with E-state index in [-0.39, 0.29) is 11.3 Å². The SMILES string of the molecule is O=[C]N(C(=O)c1cccc(F)c1)c1cccc(F)c1. The van der Waals surface area contributed by atoms with Crippen LogP contribution in [0.25, 0.3) is 0 Å². The van der Waals surface area contributed by atoms with Gasteiger partial charge in [0, 0.05) is 5.56 Å². The van der Waals surface area contributed by atoms with Gasteiger partial charge in [0.05, 0.1) is 5.69 Å². The Bertz CT molecular complexity index is 628. The van der Waals surface area contributed by atoms with Crippen LogP contribution in [0.15, 0.2) is 48.5 Å². The largest absolute Gasteiger partial charge is 0.324 e. The van der Waals surface area contributed by atoms with Crippen molar-refractivity contribution in [3.63, 3.8) is 0 Å². The molecular weight excluding hydrogens is 252 g/mol. The summed E-state index contributed by atoms with van der Waals surface area (Å²) in [5.41, 5.74) is 0.0110. The predicted octanol–water partition coefficient (Wildman–Crippen LogP) is 2.68. The minimum atomic E-state index is -0.778. The highest BCUT2D eigenvalue weighted by molar-refractivity contribution is 6.15. The second kappa shape index (κ2) is 5.39. The number of rotatable bonds is 3. The smallest absolute Gasteiger partial charge is 0.268 e. The Morgan fingerprint density at radius 3 is 2.21 bits per heavy atom. The number of imide groups is 1. The van der Waals surface area contributed by atoms with Crippen LogP contribution in [0.1, 0.15) is 10.4 Å². The van der Waals surface area contributed by atoms with Crippen molar-refractivity contribution < 1.29 is 18.4 Å².